The summed E-state index contributed by atoms with van der Waals surface area (Å²) in [6.45, 7) is 4.93. The van der Waals surface area contributed by atoms with Crippen molar-refractivity contribution in [3.05, 3.63) is 0 Å². The fourth-order valence-electron chi connectivity index (χ4n) is 4.64. The predicted molar refractivity (Wildman–Crippen MR) is 89.3 cm³/mol. The van der Waals surface area contributed by atoms with E-state index in [1.165, 1.54) is 19.3 Å². The fourth-order valence-corrected chi connectivity index (χ4v) is 4.64. The van der Waals surface area contributed by atoms with Gasteiger partial charge in [0.2, 0.25) is 0 Å². The molecule has 2 atom stereocenters. The minimum Gasteiger partial charge on any atom is -0.389 e. The first-order valence-corrected chi connectivity index (χ1v) is 9.45. The number of hydrogen-bond acceptors (Lipinski definition) is 3. The summed E-state index contributed by atoms with van der Waals surface area (Å²) in [5, 5.41) is 14.4. The first-order chi connectivity index (χ1) is 11.1. The number of hydrogen-bond donors (Lipinski definition) is 2. The highest BCUT2D eigenvalue weighted by Gasteiger charge is 2.46. The normalized spacial score (nSPS) is 34.3. The fraction of sp³-hybridized carbons (Fsp3) is 0.944. The number of amides is 2. The number of carbonyl (C=O) groups is 1. The lowest BCUT2D eigenvalue weighted by molar-refractivity contribution is -0.125. The number of piperidine rings is 1. The number of aliphatic hydroxyl groups is 1. The van der Waals surface area contributed by atoms with Gasteiger partial charge < -0.3 is 20.1 Å². The highest BCUT2D eigenvalue weighted by atomic mass is 16.5. The van der Waals surface area contributed by atoms with E-state index in [1.807, 2.05) is 4.90 Å². The molecule has 23 heavy (non-hydrogen) atoms. The maximum Gasteiger partial charge on any atom is 0.317 e. The molecule has 0 aromatic heterocycles. The molecule has 2 N–H and O–H groups in total. The zero-order chi connectivity index (χ0) is 16.3. The van der Waals surface area contributed by atoms with E-state index in [1.54, 1.807) is 0 Å². The Balaban J connectivity index is 1.53. The Morgan fingerprint density at radius 3 is 2.52 bits per heavy atom. The quantitative estimate of drug-likeness (QED) is 0.820. The first-order valence-electron chi connectivity index (χ1n) is 9.45. The van der Waals surface area contributed by atoms with Gasteiger partial charge in [0.15, 0.2) is 0 Å². The molecule has 0 spiro atoms. The zero-order valence-corrected chi connectivity index (χ0v) is 14.4. The van der Waals surface area contributed by atoms with Crippen molar-refractivity contribution >= 4 is 6.03 Å². The van der Waals surface area contributed by atoms with E-state index in [0.29, 0.717) is 31.5 Å². The summed E-state index contributed by atoms with van der Waals surface area (Å²) < 4.78 is 5.43. The van der Waals surface area contributed by atoms with Crippen LogP contribution in [0, 0.1) is 11.8 Å². The summed E-state index contributed by atoms with van der Waals surface area (Å²) in [6, 6.07) is 0.417. The number of rotatable bonds is 2. The van der Waals surface area contributed by atoms with Gasteiger partial charge >= 0.3 is 6.03 Å². The van der Waals surface area contributed by atoms with Crippen molar-refractivity contribution in [3.63, 3.8) is 0 Å². The molecule has 0 aromatic rings. The Hall–Kier alpha value is -0.810. The third-order valence-corrected chi connectivity index (χ3v) is 6.28. The molecule has 1 aliphatic carbocycles. The Morgan fingerprint density at radius 1 is 1.17 bits per heavy atom. The van der Waals surface area contributed by atoms with Crippen LogP contribution < -0.4 is 5.32 Å². The van der Waals surface area contributed by atoms with Crippen molar-refractivity contribution in [2.24, 2.45) is 11.8 Å². The van der Waals surface area contributed by atoms with Gasteiger partial charge in [0, 0.05) is 38.3 Å². The van der Waals surface area contributed by atoms with Crippen molar-refractivity contribution in [1.82, 2.24) is 10.2 Å². The molecule has 2 heterocycles. The van der Waals surface area contributed by atoms with Crippen LogP contribution in [0.1, 0.15) is 58.3 Å². The molecule has 0 radical (unpaired) electrons. The monoisotopic (exact) mass is 324 g/mol. The Labute approximate surface area is 139 Å². The predicted octanol–water partition coefficient (Wildman–Crippen LogP) is 2.53. The lowest BCUT2D eigenvalue weighted by Crippen LogP contribution is -2.59. The van der Waals surface area contributed by atoms with Gasteiger partial charge in [-0.3, -0.25) is 0 Å². The summed E-state index contributed by atoms with van der Waals surface area (Å²) in [5.74, 6) is 0.436. The molecule has 0 bridgehead atoms. The first kappa shape index (κ1) is 17.0. The molecule has 3 aliphatic rings. The molecule has 5 nitrogen and oxygen atoms in total. The second kappa shape index (κ2) is 7.39. The van der Waals surface area contributed by atoms with Gasteiger partial charge in [-0.1, -0.05) is 26.2 Å². The minimum absolute atomic E-state index is 0.0674. The molecule has 3 fully saturated rings. The summed E-state index contributed by atoms with van der Waals surface area (Å²) >= 11 is 0. The van der Waals surface area contributed by atoms with Gasteiger partial charge in [-0.25, -0.2) is 4.79 Å². The maximum atomic E-state index is 12.5. The molecule has 0 aromatic carbocycles. The van der Waals surface area contributed by atoms with Crippen LogP contribution in [0.2, 0.25) is 0 Å². The molecule has 2 aliphatic heterocycles. The number of carbonyl (C=O) groups excluding carboxylic acids is 1. The maximum absolute atomic E-state index is 12.5. The number of nitrogens with one attached hydrogen (secondary N) is 1. The molecule has 1 saturated carbocycles. The SMILES string of the molecule is C[C@@H]1CN(C(=O)NC2CCCCC2)CC[C@@]1(O)C1CCOCC1. The van der Waals surface area contributed by atoms with Crippen LogP contribution in [0.4, 0.5) is 4.79 Å². The van der Waals surface area contributed by atoms with E-state index in [0.717, 1.165) is 38.9 Å². The molecule has 0 unspecified atom stereocenters. The third kappa shape index (κ3) is 3.82. The molecule has 2 saturated heterocycles. The smallest absolute Gasteiger partial charge is 0.317 e. The van der Waals surface area contributed by atoms with Crippen molar-refractivity contribution in [2.75, 3.05) is 26.3 Å². The molecule has 132 valence electrons. The van der Waals surface area contributed by atoms with Gasteiger partial charge in [0.25, 0.3) is 0 Å². The summed E-state index contributed by atoms with van der Waals surface area (Å²) in [4.78, 5) is 14.4. The Kier molecular flexibility index (Phi) is 5.47. The number of nitrogens with zero attached hydrogens (tertiary/aromatic N) is 1. The van der Waals surface area contributed by atoms with Gasteiger partial charge in [-0.05, 0) is 38.0 Å². The average molecular weight is 324 g/mol. The highest BCUT2D eigenvalue weighted by Crippen LogP contribution is 2.39. The minimum atomic E-state index is -0.634. The second-order valence-electron chi connectivity index (χ2n) is 7.76. The molecular formula is C18H32N2O3. The Bertz CT molecular complexity index is 405. The van der Waals surface area contributed by atoms with Gasteiger partial charge in [0.05, 0.1) is 5.60 Å². The molecule has 2 amide bonds. The highest BCUT2D eigenvalue weighted by molar-refractivity contribution is 5.74. The number of ether oxygens (including phenoxy) is 1. The lowest BCUT2D eigenvalue weighted by Gasteiger charge is -2.48. The van der Waals surface area contributed by atoms with E-state index in [9.17, 15) is 9.90 Å². The second-order valence-corrected chi connectivity index (χ2v) is 7.76. The van der Waals surface area contributed by atoms with Gasteiger partial charge in [-0.15, -0.1) is 0 Å². The van der Waals surface area contributed by atoms with E-state index in [-0.39, 0.29) is 11.9 Å². The van der Waals surface area contributed by atoms with E-state index in [2.05, 4.69) is 12.2 Å². The van der Waals surface area contributed by atoms with E-state index >= 15 is 0 Å². The van der Waals surface area contributed by atoms with Crippen LogP contribution in [0.5, 0.6) is 0 Å². The van der Waals surface area contributed by atoms with Gasteiger partial charge in [-0.2, -0.15) is 0 Å². The van der Waals surface area contributed by atoms with Crippen LogP contribution in [0.25, 0.3) is 0 Å². The average Bonchev–Trinajstić information content (AvgIpc) is 2.59. The van der Waals surface area contributed by atoms with Crippen molar-refractivity contribution in [2.45, 2.75) is 69.9 Å². The van der Waals surface area contributed by atoms with Crippen LogP contribution >= 0.6 is 0 Å². The zero-order valence-electron chi connectivity index (χ0n) is 14.4. The van der Waals surface area contributed by atoms with Crippen LogP contribution in [0.3, 0.4) is 0 Å². The topological polar surface area (TPSA) is 61.8 Å². The largest absolute Gasteiger partial charge is 0.389 e. The molecule has 5 heteroatoms. The van der Waals surface area contributed by atoms with Crippen molar-refractivity contribution < 1.29 is 14.6 Å². The van der Waals surface area contributed by atoms with E-state index < -0.39 is 5.60 Å². The van der Waals surface area contributed by atoms with E-state index in [4.69, 9.17) is 4.74 Å². The Morgan fingerprint density at radius 2 is 1.87 bits per heavy atom. The number of likely N-dealkylation sites (tertiary alicyclic amines) is 1. The lowest BCUT2D eigenvalue weighted by atomic mass is 9.70. The van der Waals surface area contributed by atoms with Crippen LogP contribution in [-0.4, -0.2) is 54.0 Å². The summed E-state index contributed by atoms with van der Waals surface area (Å²) in [6.07, 6.45) is 8.55. The standard InChI is InChI=1S/C18H32N2O3/c1-14-13-20(17(21)19-16-5-3-2-4-6-16)10-9-18(14,22)15-7-11-23-12-8-15/h14-16,22H,2-13H2,1H3,(H,19,21)/t14-,18+/m1/s1. The molecule has 3 rings (SSSR count). The molecular weight excluding hydrogens is 292 g/mol. The van der Waals surface area contributed by atoms with Crippen molar-refractivity contribution in [3.8, 4) is 0 Å². The van der Waals surface area contributed by atoms with Crippen LogP contribution in [-0.2, 0) is 4.74 Å². The summed E-state index contributed by atoms with van der Waals surface area (Å²) in [7, 11) is 0. The van der Waals surface area contributed by atoms with Gasteiger partial charge in [0.1, 0.15) is 0 Å². The third-order valence-electron chi connectivity index (χ3n) is 6.28. The van der Waals surface area contributed by atoms with Crippen LogP contribution in [0.15, 0.2) is 0 Å². The number of urea groups is 1. The summed E-state index contributed by atoms with van der Waals surface area (Å²) in [5.41, 5.74) is -0.634. The van der Waals surface area contributed by atoms with Crippen molar-refractivity contribution in [1.29, 1.82) is 0 Å².